The van der Waals surface area contributed by atoms with Gasteiger partial charge in [-0.25, -0.2) is 4.98 Å². The van der Waals surface area contributed by atoms with Gasteiger partial charge in [0.25, 0.3) is 0 Å². The zero-order valence-electron chi connectivity index (χ0n) is 12.1. The van der Waals surface area contributed by atoms with E-state index in [0.717, 1.165) is 40.6 Å². The number of hydrogen-bond acceptors (Lipinski definition) is 4. The van der Waals surface area contributed by atoms with Crippen molar-refractivity contribution < 1.29 is 9.47 Å². The van der Waals surface area contributed by atoms with Crippen molar-refractivity contribution in [3.05, 3.63) is 34.1 Å². The Balaban J connectivity index is 2.59. The summed E-state index contributed by atoms with van der Waals surface area (Å²) in [6, 6.07) is 5.63. The summed E-state index contributed by atoms with van der Waals surface area (Å²) in [5.74, 6) is 2.16. The molecule has 2 aromatic rings. The number of aryl methyl sites for hydroxylation is 1. The Morgan fingerprint density at radius 1 is 1.15 bits per heavy atom. The fourth-order valence-electron chi connectivity index (χ4n) is 2.11. The van der Waals surface area contributed by atoms with Crippen molar-refractivity contribution >= 4 is 12.2 Å². The molecule has 0 aliphatic rings. The minimum atomic E-state index is 0.639. The van der Waals surface area contributed by atoms with Crippen LogP contribution in [0, 0.1) is 11.6 Å². The molecule has 5 heteroatoms. The van der Waals surface area contributed by atoms with Gasteiger partial charge in [-0.3, -0.25) is 0 Å². The quantitative estimate of drug-likeness (QED) is 0.872. The van der Waals surface area contributed by atoms with Crippen molar-refractivity contribution in [1.29, 1.82) is 0 Å². The average molecular weight is 290 g/mol. The van der Waals surface area contributed by atoms with E-state index in [4.69, 9.17) is 21.7 Å². The second-order valence-electron chi connectivity index (χ2n) is 4.45. The maximum atomic E-state index is 5.36. The van der Waals surface area contributed by atoms with Gasteiger partial charge in [0.2, 0.25) is 0 Å². The lowest BCUT2D eigenvalue weighted by Crippen LogP contribution is -1.99. The summed E-state index contributed by atoms with van der Waals surface area (Å²) in [5, 5.41) is 0. The van der Waals surface area contributed by atoms with E-state index in [2.05, 4.69) is 16.9 Å². The summed E-state index contributed by atoms with van der Waals surface area (Å²) in [6.07, 6.45) is 0.871. The Labute approximate surface area is 123 Å². The standard InChI is InChI=1S/C15H18N2O2S/c1-5-13-9(2)16-14(17-15(13)20)10-6-11(18-3)8-12(7-10)19-4/h6-8H,5H2,1-4H3,(H,16,17,20). The van der Waals surface area contributed by atoms with E-state index < -0.39 is 0 Å². The summed E-state index contributed by atoms with van der Waals surface area (Å²) in [5.41, 5.74) is 3.01. The van der Waals surface area contributed by atoms with E-state index in [1.165, 1.54) is 0 Å². The van der Waals surface area contributed by atoms with Gasteiger partial charge in [0.05, 0.1) is 14.2 Å². The van der Waals surface area contributed by atoms with Gasteiger partial charge in [-0.15, -0.1) is 0 Å². The van der Waals surface area contributed by atoms with Crippen molar-refractivity contribution in [3.8, 4) is 22.9 Å². The minimum absolute atomic E-state index is 0.639. The first-order valence-electron chi connectivity index (χ1n) is 6.42. The van der Waals surface area contributed by atoms with Gasteiger partial charge in [0, 0.05) is 22.9 Å². The lowest BCUT2D eigenvalue weighted by Gasteiger charge is -2.10. The molecule has 0 amide bonds. The van der Waals surface area contributed by atoms with Crippen LogP contribution in [0.15, 0.2) is 18.2 Å². The van der Waals surface area contributed by atoms with E-state index in [0.29, 0.717) is 4.64 Å². The molecular formula is C15H18N2O2S. The molecule has 0 fully saturated rings. The molecule has 0 bridgehead atoms. The number of methoxy groups -OCH3 is 2. The number of rotatable bonds is 4. The van der Waals surface area contributed by atoms with Gasteiger partial charge in [-0.05, 0) is 25.5 Å². The molecule has 20 heavy (non-hydrogen) atoms. The normalized spacial score (nSPS) is 10.4. The molecule has 106 valence electrons. The fraction of sp³-hybridized carbons (Fsp3) is 0.333. The molecule has 0 atom stereocenters. The van der Waals surface area contributed by atoms with Gasteiger partial charge < -0.3 is 14.5 Å². The molecule has 4 nitrogen and oxygen atoms in total. The Kier molecular flexibility index (Phi) is 4.39. The van der Waals surface area contributed by atoms with Crippen molar-refractivity contribution in [3.63, 3.8) is 0 Å². The molecule has 2 rings (SSSR count). The van der Waals surface area contributed by atoms with Crippen LogP contribution >= 0.6 is 12.2 Å². The van der Waals surface area contributed by atoms with E-state index in [1.807, 2.05) is 25.1 Å². The predicted octanol–water partition coefficient (Wildman–Crippen LogP) is 3.69. The number of hydrogen-bond donors (Lipinski definition) is 1. The molecule has 0 aliphatic carbocycles. The Morgan fingerprint density at radius 2 is 1.75 bits per heavy atom. The van der Waals surface area contributed by atoms with Gasteiger partial charge in [-0.2, -0.15) is 0 Å². The number of ether oxygens (including phenoxy) is 2. The number of benzene rings is 1. The Hall–Kier alpha value is -1.88. The van der Waals surface area contributed by atoms with Crippen LogP contribution in [-0.4, -0.2) is 24.2 Å². The number of aromatic nitrogens is 2. The largest absolute Gasteiger partial charge is 0.497 e. The van der Waals surface area contributed by atoms with Gasteiger partial charge in [-0.1, -0.05) is 19.1 Å². The number of nitrogens with zero attached hydrogens (tertiary/aromatic N) is 1. The van der Waals surface area contributed by atoms with E-state index >= 15 is 0 Å². The summed E-state index contributed by atoms with van der Waals surface area (Å²) in [4.78, 5) is 7.77. The maximum Gasteiger partial charge on any atom is 0.139 e. The summed E-state index contributed by atoms with van der Waals surface area (Å²) in [6.45, 7) is 4.08. The molecule has 0 aliphatic heterocycles. The highest BCUT2D eigenvalue weighted by Gasteiger charge is 2.09. The molecular weight excluding hydrogens is 272 g/mol. The third-order valence-corrected chi connectivity index (χ3v) is 3.55. The molecule has 0 unspecified atom stereocenters. The van der Waals surface area contributed by atoms with Gasteiger partial charge in [0.1, 0.15) is 22.0 Å². The summed E-state index contributed by atoms with van der Waals surface area (Å²) in [7, 11) is 3.25. The molecule has 0 spiro atoms. The highest BCUT2D eigenvalue weighted by molar-refractivity contribution is 7.71. The summed E-state index contributed by atoms with van der Waals surface area (Å²) < 4.78 is 11.2. The van der Waals surface area contributed by atoms with Crippen molar-refractivity contribution in [2.75, 3.05) is 14.2 Å². The Bertz CT molecular complexity index is 658. The van der Waals surface area contributed by atoms with Crippen LogP contribution in [0.1, 0.15) is 18.2 Å². The van der Waals surface area contributed by atoms with E-state index in [-0.39, 0.29) is 0 Å². The SMILES string of the molecule is CCc1c(C)[nH]c(-c2cc(OC)cc(OC)c2)nc1=S. The molecule has 1 aromatic carbocycles. The molecule has 0 radical (unpaired) electrons. The minimum Gasteiger partial charge on any atom is -0.497 e. The first-order chi connectivity index (χ1) is 9.58. The first-order valence-corrected chi connectivity index (χ1v) is 6.83. The number of H-pyrrole nitrogens is 1. The molecule has 0 saturated carbocycles. The second-order valence-corrected chi connectivity index (χ2v) is 4.84. The highest BCUT2D eigenvalue weighted by atomic mass is 32.1. The molecule has 1 aromatic heterocycles. The maximum absolute atomic E-state index is 5.36. The van der Waals surface area contributed by atoms with Crippen LogP contribution in [0.4, 0.5) is 0 Å². The third kappa shape index (κ3) is 2.82. The van der Waals surface area contributed by atoms with Crippen LogP contribution in [-0.2, 0) is 6.42 Å². The smallest absolute Gasteiger partial charge is 0.139 e. The van der Waals surface area contributed by atoms with Crippen molar-refractivity contribution in [2.45, 2.75) is 20.3 Å². The molecule has 0 saturated heterocycles. The number of aromatic amines is 1. The fourth-order valence-corrected chi connectivity index (χ4v) is 2.50. The van der Waals surface area contributed by atoms with Gasteiger partial charge in [0.15, 0.2) is 0 Å². The zero-order valence-corrected chi connectivity index (χ0v) is 12.9. The summed E-state index contributed by atoms with van der Waals surface area (Å²) >= 11 is 5.36. The van der Waals surface area contributed by atoms with E-state index in [1.54, 1.807) is 14.2 Å². The van der Waals surface area contributed by atoms with Crippen LogP contribution in [0.3, 0.4) is 0 Å². The van der Waals surface area contributed by atoms with Crippen LogP contribution in [0.2, 0.25) is 0 Å². The second kappa shape index (κ2) is 6.05. The zero-order chi connectivity index (χ0) is 14.7. The topological polar surface area (TPSA) is 47.1 Å². The first kappa shape index (κ1) is 14.5. The lowest BCUT2D eigenvalue weighted by molar-refractivity contribution is 0.394. The van der Waals surface area contributed by atoms with Crippen molar-refractivity contribution in [1.82, 2.24) is 9.97 Å². The van der Waals surface area contributed by atoms with Crippen LogP contribution < -0.4 is 9.47 Å². The van der Waals surface area contributed by atoms with Gasteiger partial charge >= 0.3 is 0 Å². The van der Waals surface area contributed by atoms with E-state index in [9.17, 15) is 0 Å². The highest BCUT2D eigenvalue weighted by Crippen LogP contribution is 2.28. The van der Waals surface area contributed by atoms with Crippen LogP contribution in [0.5, 0.6) is 11.5 Å². The third-order valence-electron chi connectivity index (χ3n) is 3.21. The van der Waals surface area contributed by atoms with Crippen LogP contribution in [0.25, 0.3) is 11.4 Å². The molecule has 1 N–H and O–H groups in total. The number of nitrogens with one attached hydrogen (secondary N) is 1. The molecule has 1 heterocycles. The van der Waals surface area contributed by atoms with Crippen molar-refractivity contribution in [2.24, 2.45) is 0 Å². The monoisotopic (exact) mass is 290 g/mol. The average Bonchev–Trinajstić information content (AvgIpc) is 2.46. The Morgan fingerprint density at radius 3 is 2.20 bits per heavy atom. The lowest BCUT2D eigenvalue weighted by atomic mass is 10.1. The predicted molar refractivity (Wildman–Crippen MR) is 82.1 cm³/mol.